The summed E-state index contributed by atoms with van der Waals surface area (Å²) in [6, 6.07) is 2.05. The van der Waals surface area contributed by atoms with Crippen molar-refractivity contribution in [3.05, 3.63) is 17.8 Å². The molecule has 20 heavy (non-hydrogen) atoms. The molecular formula is C13H17N5O2. The van der Waals surface area contributed by atoms with Crippen LogP contribution >= 0.6 is 0 Å². The maximum Gasteiger partial charge on any atom is 0.339 e. The van der Waals surface area contributed by atoms with Crippen LogP contribution in [0.15, 0.2) is 12.3 Å². The maximum absolute atomic E-state index is 11.4. The molecule has 0 aliphatic carbocycles. The lowest BCUT2D eigenvalue weighted by Gasteiger charge is -2.35. The Balaban J connectivity index is 2.13. The molecule has 3 heterocycles. The molecular weight excluding hydrogens is 258 g/mol. The van der Waals surface area contributed by atoms with Crippen molar-refractivity contribution in [2.45, 2.75) is 32.2 Å². The van der Waals surface area contributed by atoms with Gasteiger partial charge in [-0.25, -0.2) is 9.31 Å². The van der Waals surface area contributed by atoms with Gasteiger partial charge in [-0.3, -0.25) is 0 Å². The van der Waals surface area contributed by atoms with E-state index >= 15 is 0 Å². The van der Waals surface area contributed by atoms with Gasteiger partial charge in [0, 0.05) is 12.6 Å². The monoisotopic (exact) mass is 275 g/mol. The predicted octanol–water partition coefficient (Wildman–Crippen LogP) is 1.39. The third-order valence-corrected chi connectivity index (χ3v) is 3.80. The Kier molecular flexibility index (Phi) is 2.96. The van der Waals surface area contributed by atoms with Crippen LogP contribution in [-0.4, -0.2) is 38.3 Å². The summed E-state index contributed by atoms with van der Waals surface area (Å²) in [7, 11) is 0. The zero-order valence-electron chi connectivity index (χ0n) is 11.3. The van der Waals surface area contributed by atoms with E-state index in [1.807, 2.05) is 0 Å². The molecule has 2 aromatic heterocycles. The molecule has 7 nitrogen and oxygen atoms in total. The number of carboxylic acid groups (broad SMARTS) is 1. The molecule has 1 atom stereocenters. The lowest BCUT2D eigenvalue weighted by molar-refractivity contribution is 0.0698. The Morgan fingerprint density at radius 2 is 2.30 bits per heavy atom. The third-order valence-electron chi connectivity index (χ3n) is 3.80. The number of carbonyl (C=O) groups is 1. The van der Waals surface area contributed by atoms with E-state index in [-0.39, 0.29) is 17.2 Å². The van der Waals surface area contributed by atoms with E-state index in [1.54, 1.807) is 12.3 Å². The van der Waals surface area contributed by atoms with E-state index in [9.17, 15) is 9.90 Å². The van der Waals surface area contributed by atoms with Crippen molar-refractivity contribution < 1.29 is 9.90 Å². The summed E-state index contributed by atoms with van der Waals surface area (Å²) in [5.41, 5.74) is 6.83. The van der Waals surface area contributed by atoms with Gasteiger partial charge in [0.25, 0.3) is 0 Å². The average Bonchev–Trinajstić information content (AvgIpc) is 2.77. The van der Waals surface area contributed by atoms with Crippen molar-refractivity contribution in [3.8, 4) is 0 Å². The molecule has 0 aromatic carbocycles. The predicted molar refractivity (Wildman–Crippen MR) is 75.0 cm³/mol. The van der Waals surface area contributed by atoms with Gasteiger partial charge in [0.15, 0.2) is 5.65 Å². The second-order valence-corrected chi connectivity index (χ2v) is 5.19. The molecule has 1 unspecified atom stereocenters. The highest BCUT2D eigenvalue weighted by atomic mass is 16.4. The first kappa shape index (κ1) is 12.7. The lowest BCUT2D eigenvalue weighted by atomic mass is 10.0. The zero-order valence-corrected chi connectivity index (χ0v) is 11.3. The standard InChI is InChI=1S/C13H17N5O2/c1-8-4-2-3-5-17(8)9-6-10(12(19)20)11-15-13(14)16-18(11)7-9/h6-8H,2-5H2,1H3,(H2,14,16)(H,19,20). The number of hydrogen-bond donors (Lipinski definition) is 2. The fourth-order valence-corrected chi connectivity index (χ4v) is 2.78. The van der Waals surface area contributed by atoms with Gasteiger partial charge in [0.05, 0.1) is 11.9 Å². The van der Waals surface area contributed by atoms with Crippen molar-refractivity contribution in [3.63, 3.8) is 0 Å². The molecule has 0 spiro atoms. The summed E-state index contributed by atoms with van der Waals surface area (Å²) in [5, 5.41) is 13.4. The summed E-state index contributed by atoms with van der Waals surface area (Å²) in [6.07, 6.45) is 5.24. The van der Waals surface area contributed by atoms with Crippen molar-refractivity contribution in [1.82, 2.24) is 14.6 Å². The van der Waals surface area contributed by atoms with Crippen LogP contribution in [0, 0.1) is 0 Å². The first-order valence-corrected chi connectivity index (χ1v) is 6.72. The lowest BCUT2D eigenvalue weighted by Crippen LogP contribution is -2.37. The minimum atomic E-state index is -1.02. The van der Waals surface area contributed by atoms with Crippen LogP contribution in [0.25, 0.3) is 5.65 Å². The fourth-order valence-electron chi connectivity index (χ4n) is 2.78. The molecule has 106 valence electrons. The Hall–Kier alpha value is -2.31. The molecule has 1 fully saturated rings. The Morgan fingerprint density at radius 3 is 3.00 bits per heavy atom. The summed E-state index contributed by atoms with van der Waals surface area (Å²) < 4.78 is 1.45. The van der Waals surface area contributed by atoms with Crippen LogP contribution in [0.4, 0.5) is 11.6 Å². The van der Waals surface area contributed by atoms with Crippen LogP contribution in [0.5, 0.6) is 0 Å². The number of pyridine rings is 1. The van der Waals surface area contributed by atoms with Crippen molar-refractivity contribution in [1.29, 1.82) is 0 Å². The second-order valence-electron chi connectivity index (χ2n) is 5.19. The molecule has 3 rings (SSSR count). The summed E-state index contributed by atoms with van der Waals surface area (Å²) in [6.45, 7) is 3.08. The highest BCUT2D eigenvalue weighted by Gasteiger charge is 2.22. The van der Waals surface area contributed by atoms with Crippen LogP contribution in [0.3, 0.4) is 0 Å². The summed E-state index contributed by atoms with van der Waals surface area (Å²) in [4.78, 5) is 17.6. The highest BCUT2D eigenvalue weighted by Crippen LogP contribution is 2.26. The Labute approximate surface area is 116 Å². The number of aromatic carboxylic acids is 1. The largest absolute Gasteiger partial charge is 0.478 e. The number of nitrogens with two attached hydrogens (primary N) is 1. The SMILES string of the molecule is CC1CCCCN1c1cc(C(=O)O)c2nc(N)nn2c1. The molecule has 7 heteroatoms. The van der Waals surface area contributed by atoms with Gasteiger partial charge in [-0.05, 0) is 32.3 Å². The Bertz CT molecular complexity index is 666. The summed E-state index contributed by atoms with van der Waals surface area (Å²) >= 11 is 0. The molecule has 1 saturated heterocycles. The van der Waals surface area contributed by atoms with E-state index < -0.39 is 5.97 Å². The van der Waals surface area contributed by atoms with Crippen molar-refractivity contribution >= 4 is 23.3 Å². The normalized spacial score (nSPS) is 19.4. The number of hydrogen-bond acceptors (Lipinski definition) is 5. The number of nitrogens with zero attached hydrogens (tertiary/aromatic N) is 4. The fraction of sp³-hybridized carbons (Fsp3) is 0.462. The van der Waals surface area contributed by atoms with Gasteiger partial charge in [-0.15, -0.1) is 5.10 Å². The zero-order chi connectivity index (χ0) is 14.3. The third kappa shape index (κ3) is 2.04. The summed E-state index contributed by atoms with van der Waals surface area (Å²) in [5.74, 6) is -0.940. The number of fused-ring (bicyclic) bond motifs is 1. The van der Waals surface area contributed by atoms with Gasteiger partial charge in [-0.1, -0.05) is 0 Å². The van der Waals surface area contributed by atoms with Gasteiger partial charge in [0.2, 0.25) is 5.95 Å². The van der Waals surface area contributed by atoms with E-state index in [0.717, 1.165) is 25.1 Å². The average molecular weight is 275 g/mol. The first-order chi connectivity index (χ1) is 9.56. The quantitative estimate of drug-likeness (QED) is 0.859. The smallest absolute Gasteiger partial charge is 0.339 e. The van der Waals surface area contributed by atoms with E-state index in [2.05, 4.69) is 21.9 Å². The number of piperidine rings is 1. The molecule has 0 bridgehead atoms. The van der Waals surface area contributed by atoms with Crippen LogP contribution in [0.1, 0.15) is 36.5 Å². The maximum atomic E-state index is 11.4. The molecule has 0 radical (unpaired) electrons. The number of carboxylic acids is 1. The first-order valence-electron chi connectivity index (χ1n) is 6.72. The van der Waals surface area contributed by atoms with Crippen molar-refractivity contribution in [2.75, 3.05) is 17.2 Å². The van der Waals surface area contributed by atoms with Gasteiger partial charge in [0.1, 0.15) is 5.56 Å². The minimum Gasteiger partial charge on any atom is -0.478 e. The molecule has 0 amide bonds. The number of anilines is 2. The second kappa shape index (κ2) is 4.66. The van der Waals surface area contributed by atoms with Crippen LogP contribution in [0.2, 0.25) is 0 Å². The topological polar surface area (TPSA) is 96.8 Å². The number of aromatic nitrogens is 3. The van der Waals surface area contributed by atoms with Crippen LogP contribution in [-0.2, 0) is 0 Å². The minimum absolute atomic E-state index is 0.0799. The van der Waals surface area contributed by atoms with E-state index in [4.69, 9.17) is 5.73 Å². The Morgan fingerprint density at radius 1 is 1.50 bits per heavy atom. The van der Waals surface area contributed by atoms with Crippen LogP contribution < -0.4 is 10.6 Å². The van der Waals surface area contributed by atoms with E-state index in [0.29, 0.717) is 6.04 Å². The molecule has 1 aliphatic heterocycles. The van der Waals surface area contributed by atoms with Gasteiger partial charge < -0.3 is 15.7 Å². The molecule has 2 aromatic rings. The molecule has 3 N–H and O–H groups in total. The number of rotatable bonds is 2. The van der Waals surface area contributed by atoms with Gasteiger partial charge in [-0.2, -0.15) is 4.98 Å². The van der Waals surface area contributed by atoms with Crippen molar-refractivity contribution in [2.24, 2.45) is 0 Å². The molecule has 1 aliphatic rings. The highest BCUT2D eigenvalue weighted by molar-refractivity contribution is 5.95. The van der Waals surface area contributed by atoms with Gasteiger partial charge >= 0.3 is 5.97 Å². The molecule has 0 saturated carbocycles. The van der Waals surface area contributed by atoms with E-state index in [1.165, 1.54) is 10.9 Å². The number of nitrogen functional groups attached to an aromatic ring is 1.